The zero-order valence-electron chi connectivity index (χ0n) is 10.1. The van der Waals surface area contributed by atoms with Crippen molar-refractivity contribution in [3.63, 3.8) is 0 Å². The van der Waals surface area contributed by atoms with E-state index in [4.69, 9.17) is 0 Å². The predicted octanol–water partition coefficient (Wildman–Crippen LogP) is -0.620. The lowest BCUT2D eigenvalue weighted by molar-refractivity contribution is 0.400. The third-order valence-electron chi connectivity index (χ3n) is 3.29. The number of nitrogens with one attached hydrogen (secondary N) is 1. The Morgan fingerprint density at radius 1 is 1.65 bits per heavy atom. The Kier molecular flexibility index (Phi) is 3.48. The van der Waals surface area contributed by atoms with Crippen LogP contribution in [0.25, 0.3) is 0 Å². The largest absolute Gasteiger partial charge is 0.316 e. The molecule has 1 fully saturated rings. The fourth-order valence-corrected chi connectivity index (χ4v) is 4.24. The van der Waals surface area contributed by atoms with Crippen LogP contribution in [0.5, 0.6) is 0 Å². The molecular weight excluding hydrogens is 240 g/mol. The van der Waals surface area contributed by atoms with Crippen molar-refractivity contribution in [3.05, 3.63) is 11.9 Å². The third kappa shape index (κ3) is 3.04. The molecule has 6 nitrogen and oxygen atoms in total. The second kappa shape index (κ2) is 4.73. The van der Waals surface area contributed by atoms with Crippen molar-refractivity contribution >= 4 is 9.84 Å². The number of aryl methyl sites for hydroxylation is 1. The number of aromatic nitrogens is 3. The van der Waals surface area contributed by atoms with Crippen molar-refractivity contribution in [3.8, 4) is 0 Å². The number of likely N-dealkylation sites (N-methyl/N-ethyl adjacent to an activating group) is 1. The fraction of sp³-hybridized carbons (Fsp3) is 0.800. The van der Waals surface area contributed by atoms with E-state index in [9.17, 15) is 8.42 Å². The van der Waals surface area contributed by atoms with Gasteiger partial charge in [0.1, 0.15) is 0 Å². The van der Waals surface area contributed by atoms with Gasteiger partial charge < -0.3 is 5.32 Å². The van der Waals surface area contributed by atoms with Crippen molar-refractivity contribution in [2.45, 2.75) is 18.9 Å². The van der Waals surface area contributed by atoms with Gasteiger partial charge in [0.2, 0.25) is 0 Å². The van der Waals surface area contributed by atoms with Crippen LogP contribution in [0.4, 0.5) is 0 Å². The minimum absolute atomic E-state index is 0.156. The van der Waals surface area contributed by atoms with Gasteiger partial charge in [-0.15, -0.1) is 5.10 Å². The first-order valence-electron chi connectivity index (χ1n) is 5.73. The van der Waals surface area contributed by atoms with Gasteiger partial charge in [-0.25, -0.2) is 8.42 Å². The Balaban J connectivity index is 2.02. The maximum atomic E-state index is 11.5. The van der Waals surface area contributed by atoms with E-state index in [1.165, 1.54) is 0 Å². The Labute approximate surface area is 101 Å². The second-order valence-corrected chi connectivity index (χ2v) is 6.87. The maximum Gasteiger partial charge on any atom is 0.150 e. The molecule has 2 heterocycles. The third-order valence-corrected chi connectivity index (χ3v) is 5.08. The molecule has 0 saturated carbocycles. The van der Waals surface area contributed by atoms with E-state index >= 15 is 0 Å². The molecule has 7 heteroatoms. The quantitative estimate of drug-likeness (QED) is 0.779. The molecule has 0 bridgehead atoms. The Morgan fingerprint density at radius 2 is 2.41 bits per heavy atom. The molecule has 1 aliphatic rings. The average Bonchev–Trinajstić information content (AvgIpc) is 2.81. The topological polar surface area (TPSA) is 76.9 Å². The second-order valence-electron chi connectivity index (χ2n) is 4.65. The standard InChI is InChI=1S/C10H18N4O2S/c1-11-10(5-9-6-14(2)13-12-9)8-3-4-17(15,16)7-8/h6,8,10-11H,3-5,7H2,1-2H3. The number of rotatable bonds is 4. The molecule has 0 radical (unpaired) electrons. The van der Waals surface area contributed by atoms with Gasteiger partial charge in [-0.05, 0) is 19.4 Å². The van der Waals surface area contributed by atoms with Gasteiger partial charge in [-0.1, -0.05) is 5.21 Å². The first-order chi connectivity index (χ1) is 8.00. The first-order valence-corrected chi connectivity index (χ1v) is 7.55. The smallest absolute Gasteiger partial charge is 0.150 e. The lowest BCUT2D eigenvalue weighted by Crippen LogP contribution is -2.36. The molecule has 1 aromatic rings. The highest BCUT2D eigenvalue weighted by Gasteiger charge is 2.33. The van der Waals surface area contributed by atoms with Gasteiger partial charge in [-0.2, -0.15) is 0 Å². The van der Waals surface area contributed by atoms with Gasteiger partial charge in [0.15, 0.2) is 9.84 Å². The van der Waals surface area contributed by atoms with Crippen LogP contribution in [0.3, 0.4) is 0 Å². The molecule has 17 heavy (non-hydrogen) atoms. The van der Waals surface area contributed by atoms with E-state index in [1.807, 2.05) is 20.3 Å². The number of hydrogen-bond acceptors (Lipinski definition) is 5. The van der Waals surface area contributed by atoms with Crippen molar-refractivity contribution in [1.29, 1.82) is 0 Å². The summed E-state index contributed by atoms with van der Waals surface area (Å²) in [4.78, 5) is 0. The summed E-state index contributed by atoms with van der Waals surface area (Å²) in [6, 6.07) is 0.156. The molecule has 1 saturated heterocycles. The molecule has 96 valence electrons. The zero-order chi connectivity index (χ0) is 12.5. The highest BCUT2D eigenvalue weighted by atomic mass is 32.2. The summed E-state index contributed by atoms with van der Waals surface area (Å²) in [6.07, 6.45) is 3.34. The van der Waals surface area contributed by atoms with Crippen LogP contribution in [0.2, 0.25) is 0 Å². The van der Waals surface area contributed by atoms with Crippen LogP contribution < -0.4 is 5.32 Å². The van der Waals surface area contributed by atoms with Crippen LogP contribution in [-0.2, 0) is 23.3 Å². The predicted molar refractivity (Wildman–Crippen MR) is 64.3 cm³/mol. The molecule has 1 aromatic heterocycles. The molecule has 2 rings (SSSR count). The normalized spacial score (nSPS) is 24.9. The summed E-state index contributed by atoms with van der Waals surface area (Å²) in [5, 5.41) is 11.1. The number of hydrogen-bond donors (Lipinski definition) is 1. The number of nitrogens with zero attached hydrogens (tertiary/aromatic N) is 3. The van der Waals surface area contributed by atoms with Gasteiger partial charge >= 0.3 is 0 Å². The highest BCUT2D eigenvalue weighted by molar-refractivity contribution is 7.91. The van der Waals surface area contributed by atoms with E-state index in [1.54, 1.807) is 4.68 Å². The van der Waals surface area contributed by atoms with Gasteiger partial charge in [-0.3, -0.25) is 4.68 Å². The van der Waals surface area contributed by atoms with Crippen LogP contribution in [0, 0.1) is 5.92 Å². The van der Waals surface area contributed by atoms with E-state index < -0.39 is 9.84 Å². The highest BCUT2D eigenvalue weighted by Crippen LogP contribution is 2.23. The van der Waals surface area contributed by atoms with Crippen LogP contribution >= 0.6 is 0 Å². The average molecular weight is 258 g/mol. The lowest BCUT2D eigenvalue weighted by Gasteiger charge is -2.20. The van der Waals surface area contributed by atoms with Crippen LogP contribution in [-0.4, -0.2) is 48.0 Å². The van der Waals surface area contributed by atoms with E-state index in [0.29, 0.717) is 11.5 Å². The molecule has 0 spiro atoms. The lowest BCUT2D eigenvalue weighted by atomic mass is 9.95. The van der Waals surface area contributed by atoms with Gasteiger partial charge in [0, 0.05) is 25.7 Å². The molecule has 1 N–H and O–H groups in total. The Hall–Kier alpha value is -0.950. The minimum Gasteiger partial charge on any atom is -0.316 e. The SMILES string of the molecule is CNC(Cc1cn(C)nn1)C1CCS(=O)(=O)C1. The summed E-state index contributed by atoms with van der Waals surface area (Å²) in [7, 11) is 0.872. The van der Waals surface area contributed by atoms with Crippen LogP contribution in [0.1, 0.15) is 12.1 Å². The van der Waals surface area contributed by atoms with Crippen molar-refractivity contribution in [1.82, 2.24) is 20.3 Å². The number of sulfone groups is 1. The summed E-state index contributed by atoms with van der Waals surface area (Å²) in [5.41, 5.74) is 0.899. The molecule has 2 atom stereocenters. The van der Waals surface area contributed by atoms with Gasteiger partial charge in [0.05, 0.1) is 17.2 Å². The molecule has 0 aliphatic carbocycles. The Morgan fingerprint density at radius 3 is 2.88 bits per heavy atom. The Bertz CT molecular complexity index is 482. The summed E-state index contributed by atoms with van der Waals surface area (Å²) in [5.74, 6) is 0.793. The summed E-state index contributed by atoms with van der Waals surface area (Å²) in [6.45, 7) is 0. The molecule has 0 amide bonds. The van der Waals surface area contributed by atoms with Crippen LogP contribution in [0.15, 0.2) is 6.20 Å². The summed E-state index contributed by atoms with van der Waals surface area (Å²) < 4.78 is 24.6. The first kappa shape index (κ1) is 12.5. The fourth-order valence-electron chi connectivity index (χ4n) is 2.36. The molecule has 1 aliphatic heterocycles. The van der Waals surface area contributed by atoms with Crippen molar-refractivity contribution < 1.29 is 8.42 Å². The zero-order valence-corrected chi connectivity index (χ0v) is 10.9. The van der Waals surface area contributed by atoms with E-state index in [0.717, 1.165) is 18.5 Å². The van der Waals surface area contributed by atoms with E-state index in [2.05, 4.69) is 15.6 Å². The summed E-state index contributed by atoms with van der Waals surface area (Å²) >= 11 is 0. The molecule has 0 aromatic carbocycles. The monoisotopic (exact) mass is 258 g/mol. The molecule has 2 unspecified atom stereocenters. The maximum absolute atomic E-state index is 11.5. The van der Waals surface area contributed by atoms with Crippen molar-refractivity contribution in [2.24, 2.45) is 13.0 Å². The minimum atomic E-state index is -2.82. The molecular formula is C10H18N4O2S. The van der Waals surface area contributed by atoms with Gasteiger partial charge in [0.25, 0.3) is 0 Å². The van der Waals surface area contributed by atoms with Crippen molar-refractivity contribution in [2.75, 3.05) is 18.6 Å². The van der Waals surface area contributed by atoms with E-state index in [-0.39, 0.29) is 12.0 Å².